The first kappa shape index (κ1) is 9.92. The van der Waals surface area contributed by atoms with Gasteiger partial charge in [-0.05, 0) is 27.2 Å². The number of ether oxygens (including phenoxy) is 2. The van der Waals surface area contributed by atoms with E-state index in [4.69, 9.17) is 9.47 Å². The topological polar surface area (TPSA) is 18.5 Å². The van der Waals surface area contributed by atoms with Crippen LogP contribution in [0, 0.1) is 0 Å². The Morgan fingerprint density at radius 1 is 1.00 bits per heavy atom. The van der Waals surface area contributed by atoms with E-state index in [0.29, 0.717) is 13.2 Å². The van der Waals surface area contributed by atoms with Gasteiger partial charge in [0.25, 0.3) is 0 Å². The first-order valence-corrected chi connectivity index (χ1v) is 3.96. The van der Waals surface area contributed by atoms with Crippen LogP contribution in [0.4, 0.5) is 0 Å². The fourth-order valence-electron chi connectivity index (χ4n) is 0.856. The summed E-state index contributed by atoms with van der Waals surface area (Å²) in [5.41, 5.74) is 0. The van der Waals surface area contributed by atoms with Gasteiger partial charge in [0.15, 0.2) is 5.79 Å². The molecule has 2 nitrogen and oxygen atoms in total. The van der Waals surface area contributed by atoms with Gasteiger partial charge < -0.3 is 9.47 Å². The molecule has 0 aliphatic carbocycles. The average Bonchev–Trinajstić information content (AvgIpc) is 1.89. The molecule has 0 bridgehead atoms. The molecule has 0 rings (SSSR count). The normalized spacial score (nSPS) is 12.0. The van der Waals surface area contributed by atoms with E-state index in [9.17, 15) is 0 Å². The van der Waals surface area contributed by atoms with Crippen LogP contribution in [0.2, 0.25) is 0 Å². The molecule has 0 N–H and O–H groups in total. The summed E-state index contributed by atoms with van der Waals surface area (Å²) < 4.78 is 10.8. The van der Waals surface area contributed by atoms with E-state index in [-0.39, 0.29) is 5.79 Å². The molecule has 0 aromatic heterocycles. The SMILES string of the molecule is CCOC(C)(CC)OCC. The second-order valence-electron chi connectivity index (χ2n) is 2.35. The van der Waals surface area contributed by atoms with Gasteiger partial charge in [0, 0.05) is 13.2 Å². The highest BCUT2D eigenvalue weighted by Crippen LogP contribution is 2.15. The minimum atomic E-state index is -0.358. The van der Waals surface area contributed by atoms with Crippen LogP contribution >= 0.6 is 0 Å². The lowest BCUT2D eigenvalue weighted by Gasteiger charge is -2.27. The molecule has 0 amide bonds. The van der Waals surface area contributed by atoms with Crippen molar-refractivity contribution in [1.82, 2.24) is 0 Å². The van der Waals surface area contributed by atoms with E-state index in [1.165, 1.54) is 0 Å². The maximum absolute atomic E-state index is 5.40. The predicted molar refractivity (Wildman–Crippen MR) is 41.9 cm³/mol. The van der Waals surface area contributed by atoms with E-state index in [2.05, 4.69) is 6.92 Å². The molecule has 0 aliphatic rings. The Morgan fingerprint density at radius 3 is 1.60 bits per heavy atom. The maximum Gasteiger partial charge on any atom is 0.165 e. The Kier molecular flexibility index (Phi) is 4.65. The van der Waals surface area contributed by atoms with Crippen molar-refractivity contribution in [3.05, 3.63) is 0 Å². The van der Waals surface area contributed by atoms with Gasteiger partial charge in [0.05, 0.1) is 0 Å². The summed E-state index contributed by atoms with van der Waals surface area (Å²) in [6.45, 7) is 9.42. The van der Waals surface area contributed by atoms with Crippen LogP contribution in [-0.2, 0) is 9.47 Å². The first-order chi connectivity index (χ1) is 4.68. The fraction of sp³-hybridized carbons (Fsp3) is 1.00. The van der Waals surface area contributed by atoms with Crippen LogP contribution < -0.4 is 0 Å². The Hall–Kier alpha value is -0.0800. The summed E-state index contributed by atoms with van der Waals surface area (Å²) in [4.78, 5) is 0. The second-order valence-corrected chi connectivity index (χ2v) is 2.35. The third-order valence-corrected chi connectivity index (χ3v) is 1.54. The van der Waals surface area contributed by atoms with Crippen molar-refractivity contribution >= 4 is 0 Å². The highest BCUT2D eigenvalue weighted by atomic mass is 16.7. The monoisotopic (exact) mass is 146 g/mol. The Bertz CT molecular complexity index is 75.3. The molecule has 0 spiro atoms. The highest BCUT2D eigenvalue weighted by molar-refractivity contribution is 4.58. The van der Waals surface area contributed by atoms with Crippen molar-refractivity contribution in [1.29, 1.82) is 0 Å². The van der Waals surface area contributed by atoms with Crippen molar-refractivity contribution in [3.8, 4) is 0 Å². The largest absolute Gasteiger partial charge is 0.351 e. The van der Waals surface area contributed by atoms with Gasteiger partial charge in [-0.2, -0.15) is 0 Å². The van der Waals surface area contributed by atoms with Gasteiger partial charge in [-0.25, -0.2) is 0 Å². The fourth-order valence-corrected chi connectivity index (χ4v) is 0.856. The standard InChI is InChI=1S/C8H18O2/c1-5-8(4,9-6-2)10-7-3/h5-7H2,1-4H3. The van der Waals surface area contributed by atoms with E-state index in [1.54, 1.807) is 0 Å². The zero-order chi connectivity index (χ0) is 8.04. The molecule has 10 heavy (non-hydrogen) atoms. The van der Waals surface area contributed by atoms with Crippen LogP contribution in [-0.4, -0.2) is 19.0 Å². The molecular weight excluding hydrogens is 128 g/mol. The van der Waals surface area contributed by atoms with E-state index < -0.39 is 0 Å². The van der Waals surface area contributed by atoms with Gasteiger partial charge in [-0.1, -0.05) is 6.92 Å². The first-order valence-electron chi connectivity index (χ1n) is 3.96. The van der Waals surface area contributed by atoms with E-state index in [1.807, 2.05) is 20.8 Å². The average molecular weight is 146 g/mol. The van der Waals surface area contributed by atoms with Gasteiger partial charge >= 0.3 is 0 Å². The lowest BCUT2D eigenvalue weighted by Crippen LogP contribution is -2.31. The molecule has 0 heterocycles. The molecule has 0 fully saturated rings. The zero-order valence-corrected chi connectivity index (χ0v) is 7.44. The summed E-state index contributed by atoms with van der Waals surface area (Å²) in [7, 11) is 0. The third-order valence-electron chi connectivity index (χ3n) is 1.54. The lowest BCUT2D eigenvalue weighted by molar-refractivity contribution is -0.221. The molecule has 2 heteroatoms. The van der Waals surface area contributed by atoms with Crippen molar-refractivity contribution in [2.45, 2.75) is 39.9 Å². The number of rotatable bonds is 5. The lowest BCUT2D eigenvalue weighted by atomic mass is 10.2. The predicted octanol–water partition coefficient (Wildman–Crippen LogP) is 2.19. The maximum atomic E-state index is 5.40. The molecule has 0 atom stereocenters. The van der Waals surface area contributed by atoms with E-state index in [0.717, 1.165) is 6.42 Å². The number of hydrogen-bond acceptors (Lipinski definition) is 2. The summed E-state index contributed by atoms with van der Waals surface area (Å²) >= 11 is 0. The molecule has 0 saturated carbocycles. The summed E-state index contributed by atoms with van der Waals surface area (Å²) in [5.74, 6) is -0.358. The molecule has 0 unspecified atom stereocenters. The van der Waals surface area contributed by atoms with Crippen LogP contribution in [0.3, 0.4) is 0 Å². The molecule has 0 saturated heterocycles. The molecule has 0 aliphatic heterocycles. The summed E-state index contributed by atoms with van der Waals surface area (Å²) in [5, 5.41) is 0. The molecule has 0 radical (unpaired) electrons. The molecule has 62 valence electrons. The van der Waals surface area contributed by atoms with Gasteiger partial charge in [-0.3, -0.25) is 0 Å². The Balaban J connectivity index is 3.69. The summed E-state index contributed by atoms with van der Waals surface area (Å²) in [6, 6.07) is 0. The van der Waals surface area contributed by atoms with Crippen molar-refractivity contribution in [2.24, 2.45) is 0 Å². The van der Waals surface area contributed by atoms with Crippen molar-refractivity contribution in [3.63, 3.8) is 0 Å². The molecule has 0 aromatic rings. The van der Waals surface area contributed by atoms with Crippen LogP contribution in [0.5, 0.6) is 0 Å². The van der Waals surface area contributed by atoms with Gasteiger partial charge in [0.1, 0.15) is 0 Å². The highest BCUT2D eigenvalue weighted by Gasteiger charge is 2.21. The Morgan fingerprint density at radius 2 is 1.40 bits per heavy atom. The minimum Gasteiger partial charge on any atom is -0.351 e. The zero-order valence-electron chi connectivity index (χ0n) is 7.44. The van der Waals surface area contributed by atoms with Crippen LogP contribution in [0.25, 0.3) is 0 Å². The molecular formula is C8H18O2. The Labute approximate surface area is 63.5 Å². The third kappa shape index (κ3) is 3.18. The quantitative estimate of drug-likeness (QED) is 0.553. The van der Waals surface area contributed by atoms with Crippen LogP contribution in [0.15, 0.2) is 0 Å². The van der Waals surface area contributed by atoms with E-state index >= 15 is 0 Å². The second kappa shape index (κ2) is 4.69. The van der Waals surface area contributed by atoms with Gasteiger partial charge in [-0.15, -0.1) is 0 Å². The minimum absolute atomic E-state index is 0.358. The summed E-state index contributed by atoms with van der Waals surface area (Å²) in [6.07, 6.45) is 0.898. The molecule has 0 aromatic carbocycles. The van der Waals surface area contributed by atoms with Crippen molar-refractivity contribution in [2.75, 3.05) is 13.2 Å². The van der Waals surface area contributed by atoms with Crippen LogP contribution in [0.1, 0.15) is 34.1 Å². The smallest absolute Gasteiger partial charge is 0.165 e. The number of hydrogen-bond donors (Lipinski definition) is 0. The van der Waals surface area contributed by atoms with Crippen molar-refractivity contribution < 1.29 is 9.47 Å². The van der Waals surface area contributed by atoms with Gasteiger partial charge in [0.2, 0.25) is 0 Å².